The maximum absolute atomic E-state index is 5.89. The van der Waals surface area contributed by atoms with Gasteiger partial charge in [0.1, 0.15) is 11.5 Å². The quantitative estimate of drug-likeness (QED) is 0.399. The van der Waals surface area contributed by atoms with Crippen LogP contribution in [0.25, 0.3) is 28.7 Å². The molecule has 0 fully saturated rings. The second-order valence-corrected chi connectivity index (χ2v) is 8.95. The van der Waals surface area contributed by atoms with Crippen LogP contribution in [0.5, 0.6) is 5.75 Å². The van der Waals surface area contributed by atoms with Gasteiger partial charge in [-0.25, -0.2) is 4.98 Å². The number of nitrogens with zero attached hydrogens (tertiary/aromatic N) is 7. The molecular formula is C24H25N7O2. The number of hydrogen-bond acceptors (Lipinski definition) is 7. The Morgan fingerprint density at radius 1 is 1.06 bits per heavy atom. The molecule has 0 spiro atoms. The van der Waals surface area contributed by atoms with Crippen LogP contribution >= 0.6 is 0 Å². The van der Waals surface area contributed by atoms with Crippen molar-refractivity contribution in [1.82, 2.24) is 34.5 Å². The van der Waals surface area contributed by atoms with Gasteiger partial charge in [0.2, 0.25) is 11.5 Å². The SMILES string of the molecule is COc1c(C(C)(C)C)c(-c2nccn2Cc2ccccc2)nn2c(-c3cc(C)on3)nnc12. The Balaban J connectivity index is 1.77. The van der Waals surface area contributed by atoms with Gasteiger partial charge in [-0.05, 0) is 17.9 Å². The summed E-state index contributed by atoms with van der Waals surface area (Å²) in [6.45, 7) is 8.86. The van der Waals surface area contributed by atoms with Crippen LogP contribution in [0, 0.1) is 6.92 Å². The van der Waals surface area contributed by atoms with Crippen molar-refractivity contribution < 1.29 is 9.26 Å². The largest absolute Gasteiger partial charge is 0.492 e. The highest BCUT2D eigenvalue weighted by atomic mass is 16.5. The molecule has 9 heteroatoms. The van der Waals surface area contributed by atoms with E-state index in [9.17, 15) is 0 Å². The van der Waals surface area contributed by atoms with E-state index in [-0.39, 0.29) is 5.41 Å². The molecule has 5 aromatic rings. The van der Waals surface area contributed by atoms with Gasteiger partial charge >= 0.3 is 0 Å². The molecule has 0 bridgehead atoms. The van der Waals surface area contributed by atoms with Crippen LogP contribution in [0.3, 0.4) is 0 Å². The molecule has 33 heavy (non-hydrogen) atoms. The molecule has 1 aromatic carbocycles. The molecule has 9 nitrogen and oxygen atoms in total. The first-order valence-electron chi connectivity index (χ1n) is 10.7. The molecule has 0 saturated carbocycles. The molecule has 0 amide bonds. The molecule has 5 rings (SSSR count). The lowest BCUT2D eigenvalue weighted by atomic mass is 9.85. The summed E-state index contributed by atoms with van der Waals surface area (Å²) in [4.78, 5) is 4.69. The molecule has 4 aromatic heterocycles. The minimum absolute atomic E-state index is 0.296. The lowest BCUT2D eigenvalue weighted by Crippen LogP contribution is -2.19. The molecule has 168 valence electrons. The van der Waals surface area contributed by atoms with E-state index in [1.807, 2.05) is 31.3 Å². The van der Waals surface area contributed by atoms with Gasteiger partial charge in [0.15, 0.2) is 17.3 Å². The van der Waals surface area contributed by atoms with Crippen LogP contribution in [0.15, 0.2) is 53.3 Å². The number of methoxy groups -OCH3 is 1. The zero-order valence-corrected chi connectivity index (χ0v) is 19.3. The van der Waals surface area contributed by atoms with Crippen molar-refractivity contribution in [3.63, 3.8) is 0 Å². The van der Waals surface area contributed by atoms with E-state index in [1.54, 1.807) is 23.9 Å². The summed E-state index contributed by atoms with van der Waals surface area (Å²) < 4.78 is 14.9. The second kappa shape index (κ2) is 7.84. The number of hydrogen-bond donors (Lipinski definition) is 0. The summed E-state index contributed by atoms with van der Waals surface area (Å²) in [6, 6.07) is 12.1. The van der Waals surface area contributed by atoms with Crippen molar-refractivity contribution in [3.8, 4) is 28.8 Å². The third-order valence-electron chi connectivity index (χ3n) is 5.44. The smallest absolute Gasteiger partial charge is 0.220 e. The fourth-order valence-electron chi connectivity index (χ4n) is 4.00. The lowest BCUT2D eigenvalue weighted by molar-refractivity contribution is 0.397. The van der Waals surface area contributed by atoms with E-state index >= 15 is 0 Å². The Morgan fingerprint density at radius 3 is 2.52 bits per heavy atom. The first-order chi connectivity index (χ1) is 15.9. The predicted molar refractivity (Wildman–Crippen MR) is 123 cm³/mol. The first kappa shape index (κ1) is 20.9. The Labute approximate surface area is 191 Å². The van der Waals surface area contributed by atoms with Gasteiger partial charge in [-0.3, -0.25) is 0 Å². The molecular weight excluding hydrogens is 418 g/mol. The summed E-state index contributed by atoms with van der Waals surface area (Å²) in [7, 11) is 1.64. The summed E-state index contributed by atoms with van der Waals surface area (Å²) in [5, 5.41) is 17.8. The van der Waals surface area contributed by atoms with Crippen LogP contribution in [0.4, 0.5) is 0 Å². The van der Waals surface area contributed by atoms with Crippen LogP contribution < -0.4 is 4.74 Å². The van der Waals surface area contributed by atoms with Gasteiger partial charge < -0.3 is 13.8 Å². The standard InChI is InChI=1S/C24H25N7O2/c1-15-13-17(29-33-15)21-26-27-23-20(32-5)18(24(2,3)4)19(28-31(21)23)22-25-11-12-30(22)14-16-9-7-6-8-10-16/h6-13H,14H2,1-5H3. The molecule has 0 atom stereocenters. The van der Waals surface area contributed by atoms with Crippen molar-refractivity contribution >= 4 is 5.65 Å². The van der Waals surface area contributed by atoms with Crippen molar-refractivity contribution in [2.45, 2.75) is 39.7 Å². The Kier molecular flexibility index (Phi) is 4.96. The number of aryl methyl sites for hydroxylation is 1. The topological polar surface area (TPSA) is 96.2 Å². The average molecular weight is 444 g/mol. The van der Waals surface area contributed by atoms with E-state index < -0.39 is 0 Å². The minimum atomic E-state index is -0.296. The van der Waals surface area contributed by atoms with Gasteiger partial charge in [-0.1, -0.05) is 56.3 Å². The van der Waals surface area contributed by atoms with Gasteiger partial charge in [0.25, 0.3) is 0 Å². The van der Waals surface area contributed by atoms with Crippen molar-refractivity contribution in [2.24, 2.45) is 0 Å². The maximum atomic E-state index is 5.89. The molecule has 0 aliphatic rings. The summed E-state index contributed by atoms with van der Waals surface area (Å²) in [5.41, 5.74) is 3.56. The van der Waals surface area contributed by atoms with E-state index in [0.717, 1.165) is 11.4 Å². The highest BCUT2D eigenvalue weighted by molar-refractivity contribution is 5.71. The fourth-order valence-corrected chi connectivity index (χ4v) is 4.00. The maximum Gasteiger partial charge on any atom is 0.220 e. The summed E-state index contributed by atoms with van der Waals surface area (Å²) in [5.74, 6) is 2.50. The highest BCUT2D eigenvalue weighted by Gasteiger charge is 2.31. The zero-order valence-electron chi connectivity index (χ0n) is 19.3. The number of aromatic nitrogens is 7. The number of fused-ring (bicyclic) bond motifs is 1. The van der Waals surface area contributed by atoms with E-state index in [4.69, 9.17) is 14.4 Å². The normalized spacial score (nSPS) is 11.9. The minimum Gasteiger partial charge on any atom is -0.492 e. The molecule has 4 heterocycles. The van der Waals surface area contributed by atoms with Gasteiger partial charge in [0.05, 0.1) is 7.11 Å². The molecule has 0 aliphatic heterocycles. The fraction of sp³-hybridized carbons (Fsp3) is 0.292. The van der Waals surface area contributed by atoms with Crippen LogP contribution in [-0.2, 0) is 12.0 Å². The Hall–Kier alpha value is -4.01. The molecule has 0 unspecified atom stereocenters. The third-order valence-corrected chi connectivity index (χ3v) is 5.44. The number of benzene rings is 1. The van der Waals surface area contributed by atoms with E-state index in [0.29, 0.717) is 40.9 Å². The monoisotopic (exact) mass is 443 g/mol. The molecule has 0 saturated heterocycles. The molecule has 0 radical (unpaired) electrons. The summed E-state index contributed by atoms with van der Waals surface area (Å²) in [6.07, 6.45) is 3.75. The Bertz CT molecular complexity index is 1420. The van der Waals surface area contributed by atoms with Gasteiger partial charge in [-0.2, -0.15) is 9.61 Å². The third kappa shape index (κ3) is 3.65. The van der Waals surface area contributed by atoms with Gasteiger partial charge in [-0.15, -0.1) is 10.2 Å². The predicted octanol–water partition coefficient (Wildman–Crippen LogP) is 4.31. The molecule has 0 aliphatic carbocycles. The van der Waals surface area contributed by atoms with E-state index in [2.05, 4.69) is 57.8 Å². The van der Waals surface area contributed by atoms with Crippen molar-refractivity contribution in [2.75, 3.05) is 7.11 Å². The number of imidazole rings is 1. The second-order valence-electron chi connectivity index (χ2n) is 8.95. The number of rotatable bonds is 5. The zero-order chi connectivity index (χ0) is 23.2. The Morgan fingerprint density at radius 2 is 1.85 bits per heavy atom. The van der Waals surface area contributed by atoms with E-state index in [1.165, 1.54) is 5.56 Å². The lowest BCUT2D eigenvalue weighted by Gasteiger charge is -2.25. The van der Waals surface area contributed by atoms with Crippen molar-refractivity contribution in [1.29, 1.82) is 0 Å². The van der Waals surface area contributed by atoms with Gasteiger partial charge in [0, 0.05) is 30.6 Å². The average Bonchev–Trinajstić information content (AvgIpc) is 3.52. The molecule has 0 N–H and O–H groups in total. The number of ether oxygens (including phenoxy) is 1. The van der Waals surface area contributed by atoms with Crippen LogP contribution in [0.2, 0.25) is 0 Å². The first-order valence-corrected chi connectivity index (χ1v) is 10.7. The summed E-state index contributed by atoms with van der Waals surface area (Å²) >= 11 is 0. The van der Waals surface area contributed by atoms with Crippen molar-refractivity contribution in [3.05, 3.63) is 65.7 Å². The van der Waals surface area contributed by atoms with Crippen LogP contribution in [0.1, 0.15) is 37.7 Å². The van der Waals surface area contributed by atoms with Crippen LogP contribution in [-0.4, -0.2) is 41.6 Å². The highest BCUT2D eigenvalue weighted by Crippen LogP contribution is 2.40.